The molecule has 9 heteroatoms. The summed E-state index contributed by atoms with van der Waals surface area (Å²) >= 11 is 0. The highest BCUT2D eigenvalue weighted by atomic mass is 19.1. The number of fused-ring (bicyclic) bond motifs is 1. The van der Waals surface area contributed by atoms with Crippen molar-refractivity contribution in [1.29, 1.82) is 0 Å². The Bertz CT molecular complexity index is 1060. The van der Waals surface area contributed by atoms with E-state index in [0.717, 1.165) is 5.56 Å². The number of benzene rings is 1. The number of H-pyrrole nitrogens is 1. The first-order valence-electron chi connectivity index (χ1n) is 7.89. The lowest BCUT2D eigenvalue weighted by atomic mass is 10.2. The highest BCUT2D eigenvalue weighted by Gasteiger charge is 2.15. The molecule has 130 valence electrons. The molecule has 1 amide bonds. The zero-order chi connectivity index (χ0) is 18.1. The number of nitrogens with zero attached hydrogens (tertiary/aromatic N) is 5. The normalized spacial score (nSPS) is 12.2. The van der Waals surface area contributed by atoms with Crippen LogP contribution in [0, 0.1) is 5.82 Å². The summed E-state index contributed by atoms with van der Waals surface area (Å²) < 4.78 is 14.8. The van der Waals surface area contributed by atoms with E-state index in [0.29, 0.717) is 22.7 Å². The number of tetrazole rings is 1. The van der Waals surface area contributed by atoms with Crippen LogP contribution in [-0.2, 0) is 0 Å². The summed E-state index contributed by atoms with van der Waals surface area (Å²) in [5, 5.41) is 16.3. The van der Waals surface area contributed by atoms with Gasteiger partial charge in [-0.2, -0.15) is 5.21 Å². The van der Waals surface area contributed by atoms with E-state index in [9.17, 15) is 9.18 Å². The molecule has 1 unspecified atom stereocenters. The van der Waals surface area contributed by atoms with E-state index in [1.165, 1.54) is 12.1 Å². The highest BCUT2D eigenvalue weighted by molar-refractivity contribution is 5.94. The number of pyridine rings is 1. The number of amides is 1. The van der Waals surface area contributed by atoms with Crippen molar-refractivity contribution in [3.05, 3.63) is 66.0 Å². The van der Waals surface area contributed by atoms with Crippen LogP contribution in [0.4, 0.5) is 4.39 Å². The van der Waals surface area contributed by atoms with E-state index in [2.05, 4.69) is 30.9 Å². The van der Waals surface area contributed by atoms with E-state index in [1.54, 1.807) is 48.0 Å². The molecule has 0 aliphatic heterocycles. The second kappa shape index (κ2) is 6.36. The van der Waals surface area contributed by atoms with Crippen LogP contribution in [0.15, 0.2) is 48.8 Å². The number of imidazole rings is 1. The highest BCUT2D eigenvalue weighted by Crippen LogP contribution is 2.20. The summed E-state index contributed by atoms with van der Waals surface area (Å²) in [6.07, 6.45) is 3.48. The molecule has 0 saturated heterocycles. The zero-order valence-corrected chi connectivity index (χ0v) is 13.7. The van der Waals surface area contributed by atoms with E-state index < -0.39 is 0 Å². The van der Waals surface area contributed by atoms with Crippen LogP contribution in [-0.4, -0.2) is 35.9 Å². The standard InChI is InChI=1S/C17H14FN7O/c1-10(16-21-23-24-22-16)19-17(26)12-4-7-15-20-14(9-25(15)8-12)11-2-5-13(18)6-3-11/h2-10H,1H3,(H,19,26)(H,21,22,23,24). The van der Waals surface area contributed by atoms with Crippen LogP contribution in [0.25, 0.3) is 16.9 Å². The van der Waals surface area contributed by atoms with Gasteiger partial charge in [0.1, 0.15) is 11.5 Å². The molecule has 1 aromatic carbocycles. The van der Waals surface area contributed by atoms with E-state index >= 15 is 0 Å². The minimum atomic E-state index is -0.380. The van der Waals surface area contributed by atoms with Gasteiger partial charge < -0.3 is 9.72 Å². The molecule has 0 spiro atoms. The van der Waals surface area contributed by atoms with Crippen LogP contribution < -0.4 is 5.32 Å². The number of hydrogen-bond acceptors (Lipinski definition) is 5. The Morgan fingerprint density at radius 1 is 1.19 bits per heavy atom. The van der Waals surface area contributed by atoms with Crippen molar-refractivity contribution in [2.75, 3.05) is 0 Å². The van der Waals surface area contributed by atoms with Crippen molar-refractivity contribution in [3.8, 4) is 11.3 Å². The Balaban J connectivity index is 1.59. The van der Waals surface area contributed by atoms with Gasteiger partial charge in [0, 0.05) is 18.0 Å². The van der Waals surface area contributed by atoms with E-state index in [1.807, 2.05) is 0 Å². The van der Waals surface area contributed by atoms with Crippen molar-refractivity contribution in [3.63, 3.8) is 0 Å². The number of hydrogen-bond donors (Lipinski definition) is 2. The number of rotatable bonds is 4. The van der Waals surface area contributed by atoms with Crippen LogP contribution in [0.2, 0.25) is 0 Å². The van der Waals surface area contributed by atoms with Crippen molar-refractivity contribution in [2.45, 2.75) is 13.0 Å². The first kappa shape index (κ1) is 15.9. The molecule has 3 aromatic heterocycles. The van der Waals surface area contributed by atoms with Crippen LogP contribution in [0.1, 0.15) is 29.1 Å². The average Bonchev–Trinajstić information content (AvgIpc) is 3.31. The smallest absolute Gasteiger partial charge is 0.253 e. The molecule has 4 rings (SSSR count). The molecule has 0 fully saturated rings. The number of halogens is 1. The number of carbonyl (C=O) groups is 1. The van der Waals surface area contributed by atoms with Gasteiger partial charge in [-0.25, -0.2) is 9.37 Å². The zero-order valence-electron chi connectivity index (χ0n) is 13.7. The maximum absolute atomic E-state index is 13.1. The summed E-state index contributed by atoms with van der Waals surface area (Å²) in [7, 11) is 0. The third-order valence-electron chi connectivity index (χ3n) is 3.95. The van der Waals surface area contributed by atoms with Gasteiger partial charge in [-0.15, -0.1) is 10.2 Å². The van der Waals surface area contributed by atoms with Crippen LogP contribution in [0.3, 0.4) is 0 Å². The predicted octanol–water partition coefficient (Wildman–Crippen LogP) is 2.14. The van der Waals surface area contributed by atoms with E-state index in [-0.39, 0.29) is 17.8 Å². The molecule has 0 aliphatic carbocycles. The summed E-state index contributed by atoms with van der Waals surface area (Å²) in [6, 6.07) is 9.16. The Hall–Kier alpha value is -3.62. The summed E-state index contributed by atoms with van der Waals surface area (Å²) in [5.41, 5.74) is 2.65. The minimum Gasteiger partial charge on any atom is -0.342 e. The first-order valence-corrected chi connectivity index (χ1v) is 7.89. The van der Waals surface area contributed by atoms with Crippen molar-refractivity contribution in [1.82, 2.24) is 35.3 Å². The van der Waals surface area contributed by atoms with E-state index in [4.69, 9.17) is 0 Å². The lowest BCUT2D eigenvalue weighted by Crippen LogP contribution is -2.27. The molecule has 3 heterocycles. The van der Waals surface area contributed by atoms with Gasteiger partial charge >= 0.3 is 0 Å². The van der Waals surface area contributed by atoms with Crippen molar-refractivity contribution in [2.24, 2.45) is 0 Å². The summed E-state index contributed by atoms with van der Waals surface area (Å²) in [4.78, 5) is 16.9. The molecular formula is C17H14FN7O. The Morgan fingerprint density at radius 3 is 2.73 bits per heavy atom. The first-order chi connectivity index (χ1) is 12.6. The molecule has 8 nitrogen and oxygen atoms in total. The Kier molecular flexibility index (Phi) is 3.88. The third-order valence-corrected chi connectivity index (χ3v) is 3.95. The second-order valence-corrected chi connectivity index (χ2v) is 5.78. The summed E-state index contributed by atoms with van der Waals surface area (Å²) in [5.74, 6) is -0.158. The lowest BCUT2D eigenvalue weighted by Gasteiger charge is -2.10. The van der Waals surface area contributed by atoms with Crippen molar-refractivity contribution >= 4 is 11.6 Å². The molecule has 2 N–H and O–H groups in total. The van der Waals surface area contributed by atoms with Gasteiger partial charge in [0.05, 0.1) is 17.3 Å². The fourth-order valence-corrected chi connectivity index (χ4v) is 2.58. The summed E-state index contributed by atoms with van der Waals surface area (Å²) in [6.45, 7) is 1.77. The molecular weight excluding hydrogens is 337 g/mol. The molecule has 0 radical (unpaired) electrons. The fraction of sp³-hybridized carbons (Fsp3) is 0.118. The van der Waals surface area contributed by atoms with Gasteiger partial charge in [0.2, 0.25) is 0 Å². The van der Waals surface area contributed by atoms with Gasteiger partial charge in [-0.3, -0.25) is 4.79 Å². The quantitative estimate of drug-likeness (QED) is 0.587. The monoisotopic (exact) mass is 351 g/mol. The molecule has 1 atom stereocenters. The SMILES string of the molecule is CC(NC(=O)c1ccc2nc(-c3ccc(F)cc3)cn2c1)c1nn[nH]n1. The number of carbonyl (C=O) groups excluding carboxylic acids is 1. The van der Waals surface area contributed by atoms with Crippen molar-refractivity contribution < 1.29 is 9.18 Å². The largest absolute Gasteiger partial charge is 0.342 e. The fourth-order valence-electron chi connectivity index (χ4n) is 2.58. The van der Waals surface area contributed by atoms with Gasteiger partial charge in [0.25, 0.3) is 5.91 Å². The lowest BCUT2D eigenvalue weighted by molar-refractivity contribution is 0.0938. The maximum atomic E-state index is 13.1. The van der Waals surface area contributed by atoms with Crippen LogP contribution in [0.5, 0.6) is 0 Å². The van der Waals surface area contributed by atoms with Crippen LogP contribution >= 0.6 is 0 Å². The van der Waals surface area contributed by atoms with Gasteiger partial charge in [-0.05, 0) is 43.3 Å². The van der Waals surface area contributed by atoms with Gasteiger partial charge in [-0.1, -0.05) is 5.21 Å². The molecule has 4 aromatic rings. The molecule has 0 bridgehead atoms. The maximum Gasteiger partial charge on any atom is 0.253 e. The Morgan fingerprint density at radius 2 is 2.00 bits per heavy atom. The predicted molar refractivity (Wildman–Crippen MR) is 90.6 cm³/mol. The number of aromatic nitrogens is 6. The second-order valence-electron chi connectivity index (χ2n) is 5.78. The number of nitrogens with one attached hydrogen (secondary N) is 2. The third kappa shape index (κ3) is 3.02. The topological polar surface area (TPSA) is 101 Å². The molecule has 0 aliphatic rings. The number of aromatic amines is 1. The average molecular weight is 351 g/mol. The molecule has 26 heavy (non-hydrogen) atoms. The Labute approximate surface area is 147 Å². The van der Waals surface area contributed by atoms with Gasteiger partial charge in [0.15, 0.2) is 5.82 Å². The molecule has 0 saturated carbocycles. The minimum absolute atomic E-state index is 0.263.